The first-order valence-electron chi connectivity index (χ1n) is 7.96. The smallest absolute Gasteiger partial charge is 0.403 e. The molecule has 4 N–H and O–H groups in total. The minimum absolute atomic E-state index is 0.204. The number of benzene rings is 2. The van der Waals surface area contributed by atoms with Crippen molar-refractivity contribution in [3.8, 4) is 0 Å². The highest BCUT2D eigenvalue weighted by Gasteiger charge is 2.53. The lowest BCUT2D eigenvalue weighted by Gasteiger charge is -2.28. The highest BCUT2D eigenvalue weighted by molar-refractivity contribution is 5.57. The van der Waals surface area contributed by atoms with Gasteiger partial charge in [-0.3, -0.25) is 0 Å². The molecule has 3 nitrogen and oxygen atoms in total. The Kier molecular flexibility index (Phi) is 5.77. The maximum atomic E-state index is 13.6. The first-order valence-corrected chi connectivity index (χ1v) is 7.96. The van der Waals surface area contributed by atoms with Gasteiger partial charge in [-0.25, -0.2) is 0 Å². The first kappa shape index (κ1) is 19.6. The lowest BCUT2D eigenvalue weighted by Crippen LogP contribution is -2.40. The van der Waals surface area contributed by atoms with Crippen LogP contribution in [-0.4, -0.2) is 11.3 Å². The number of hydrogen-bond donors (Lipinski definition) is 3. The summed E-state index contributed by atoms with van der Waals surface area (Å²) in [4.78, 5) is 0. The van der Waals surface area contributed by atoms with Crippen molar-refractivity contribution in [1.82, 2.24) is 0 Å². The lowest BCUT2D eigenvalue weighted by molar-refractivity contribution is -0.244. The van der Waals surface area contributed by atoms with E-state index >= 15 is 0 Å². The largest absolute Gasteiger partial charge is 0.425 e. The number of anilines is 1. The molecule has 0 fully saturated rings. The standard InChI is InChI=1S/C20H21F3N2O/c1-14-11-15(2)13-17(12-14)19(26,20(21,22)23)8-7-16-3-5-18(6-4-16)25-10-9-24/h3-13,25-26H,24H2,1-2H3/b8-7+,10-9+. The molecule has 2 aromatic rings. The van der Waals surface area contributed by atoms with Crippen molar-refractivity contribution in [1.29, 1.82) is 0 Å². The molecule has 0 bridgehead atoms. The van der Waals surface area contributed by atoms with E-state index in [1.807, 2.05) is 0 Å². The minimum Gasteiger partial charge on any atom is -0.403 e. The van der Waals surface area contributed by atoms with E-state index in [-0.39, 0.29) is 5.56 Å². The Bertz CT molecular complexity index is 791. The summed E-state index contributed by atoms with van der Waals surface area (Å²) < 4.78 is 40.9. The van der Waals surface area contributed by atoms with Crippen LogP contribution in [0.5, 0.6) is 0 Å². The summed E-state index contributed by atoms with van der Waals surface area (Å²) in [6.45, 7) is 3.39. The van der Waals surface area contributed by atoms with Gasteiger partial charge in [-0.2, -0.15) is 13.2 Å². The van der Waals surface area contributed by atoms with E-state index < -0.39 is 11.8 Å². The van der Waals surface area contributed by atoms with Gasteiger partial charge in [-0.15, -0.1) is 0 Å². The second kappa shape index (κ2) is 7.66. The van der Waals surface area contributed by atoms with E-state index in [4.69, 9.17) is 5.73 Å². The fraction of sp³-hybridized carbons (Fsp3) is 0.200. The summed E-state index contributed by atoms with van der Waals surface area (Å²) >= 11 is 0. The molecule has 0 saturated heterocycles. The molecule has 0 aliphatic carbocycles. The zero-order valence-electron chi connectivity index (χ0n) is 14.5. The Labute approximate surface area is 150 Å². The van der Waals surface area contributed by atoms with Crippen LogP contribution in [0.25, 0.3) is 6.08 Å². The number of alkyl halides is 3. The highest BCUT2D eigenvalue weighted by atomic mass is 19.4. The van der Waals surface area contributed by atoms with Gasteiger partial charge in [0.05, 0.1) is 0 Å². The molecule has 0 heterocycles. The van der Waals surface area contributed by atoms with E-state index in [1.165, 1.54) is 30.6 Å². The normalized spacial score (nSPS) is 14.7. The number of aliphatic hydroxyl groups is 1. The first-order chi connectivity index (χ1) is 12.2. The van der Waals surface area contributed by atoms with Crippen LogP contribution < -0.4 is 11.1 Å². The van der Waals surface area contributed by atoms with Crippen molar-refractivity contribution >= 4 is 11.8 Å². The number of halogens is 3. The predicted molar refractivity (Wildman–Crippen MR) is 98.3 cm³/mol. The molecule has 1 atom stereocenters. The summed E-state index contributed by atoms with van der Waals surface area (Å²) in [5, 5.41) is 13.4. The van der Waals surface area contributed by atoms with Crippen LogP contribution in [0.3, 0.4) is 0 Å². The van der Waals surface area contributed by atoms with Crippen LogP contribution in [0.1, 0.15) is 22.3 Å². The molecular formula is C20H21F3N2O. The van der Waals surface area contributed by atoms with Gasteiger partial charge in [0.25, 0.3) is 0 Å². The Balaban J connectivity index is 2.37. The molecule has 0 radical (unpaired) electrons. The van der Waals surface area contributed by atoms with Crippen LogP contribution in [0, 0.1) is 13.8 Å². The molecule has 2 aromatic carbocycles. The van der Waals surface area contributed by atoms with Crippen molar-refractivity contribution in [3.63, 3.8) is 0 Å². The monoisotopic (exact) mass is 362 g/mol. The second-order valence-electron chi connectivity index (χ2n) is 6.10. The summed E-state index contributed by atoms with van der Waals surface area (Å²) in [5.74, 6) is 0. The predicted octanol–water partition coefficient (Wildman–Crippen LogP) is 4.61. The molecule has 138 valence electrons. The van der Waals surface area contributed by atoms with E-state index in [1.54, 1.807) is 44.2 Å². The number of nitrogens with one attached hydrogen (secondary N) is 1. The van der Waals surface area contributed by atoms with E-state index in [2.05, 4.69) is 5.32 Å². The number of aryl methyl sites for hydroxylation is 2. The highest BCUT2D eigenvalue weighted by Crippen LogP contribution is 2.41. The van der Waals surface area contributed by atoms with Crippen molar-refractivity contribution in [2.24, 2.45) is 5.73 Å². The molecule has 0 saturated carbocycles. The Hall–Kier alpha value is -2.73. The molecule has 26 heavy (non-hydrogen) atoms. The SMILES string of the molecule is Cc1cc(C)cc(C(O)(/C=C/c2ccc(N/C=C/N)cc2)C(F)(F)F)c1. The van der Waals surface area contributed by atoms with Gasteiger partial charge < -0.3 is 16.2 Å². The maximum absolute atomic E-state index is 13.6. The molecule has 0 aliphatic rings. The van der Waals surface area contributed by atoms with Gasteiger partial charge >= 0.3 is 6.18 Å². The third-order valence-electron chi connectivity index (χ3n) is 3.87. The second-order valence-corrected chi connectivity index (χ2v) is 6.10. The average molecular weight is 362 g/mol. The minimum atomic E-state index is -4.85. The fourth-order valence-corrected chi connectivity index (χ4v) is 2.60. The van der Waals surface area contributed by atoms with Gasteiger partial charge in [0, 0.05) is 18.1 Å². The fourth-order valence-electron chi connectivity index (χ4n) is 2.60. The van der Waals surface area contributed by atoms with Crippen molar-refractivity contribution in [3.05, 3.63) is 83.2 Å². The van der Waals surface area contributed by atoms with Crippen LogP contribution in [0.15, 0.2) is 60.9 Å². The van der Waals surface area contributed by atoms with Gasteiger partial charge in [-0.05, 0) is 43.2 Å². The lowest BCUT2D eigenvalue weighted by atomic mass is 9.89. The third kappa shape index (κ3) is 4.46. The van der Waals surface area contributed by atoms with Crippen LogP contribution >= 0.6 is 0 Å². The van der Waals surface area contributed by atoms with E-state index in [0.29, 0.717) is 16.7 Å². The van der Waals surface area contributed by atoms with Gasteiger partial charge in [-0.1, -0.05) is 47.5 Å². The van der Waals surface area contributed by atoms with Gasteiger partial charge in [0.15, 0.2) is 0 Å². The maximum Gasteiger partial charge on any atom is 0.425 e. The zero-order valence-corrected chi connectivity index (χ0v) is 14.5. The van der Waals surface area contributed by atoms with Crippen LogP contribution in [0.4, 0.5) is 18.9 Å². The molecular weight excluding hydrogens is 341 g/mol. The van der Waals surface area contributed by atoms with Gasteiger partial charge in [0.1, 0.15) is 0 Å². The third-order valence-corrected chi connectivity index (χ3v) is 3.87. The average Bonchev–Trinajstić information content (AvgIpc) is 2.57. The molecule has 0 aliphatic heterocycles. The Morgan fingerprint density at radius 3 is 2.08 bits per heavy atom. The summed E-state index contributed by atoms with van der Waals surface area (Å²) in [7, 11) is 0. The Morgan fingerprint density at radius 1 is 1.00 bits per heavy atom. The number of nitrogens with two attached hydrogens (primary N) is 1. The van der Waals surface area contributed by atoms with Crippen molar-refractivity contribution in [2.75, 3.05) is 5.32 Å². The molecule has 0 spiro atoms. The molecule has 1 unspecified atom stereocenters. The zero-order chi connectivity index (χ0) is 19.4. The summed E-state index contributed by atoms with van der Waals surface area (Å²) in [6, 6.07) is 11.1. The summed E-state index contributed by atoms with van der Waals surface area (Å²) in [6.07, 6.45) is 0.0582. The van der Waals surface area contributed by atoms with Crippen LogP contribution in [0.2, 0.25) is 0 Å². The van der Waals surface area contributed by atoms with E-state index in [0.717, 1.165) is 11.8 Å². The quantitative estimate of drug-likeness (QED) is 0.728. The van der Waals surface area contributed by atoms with Crippen LogP contribution in [-0.2, 0) is 5.60 Å². The topological polar surface area (TPSA) is 58.3 Å². The number of rotatable bonds is 5. The molecule has 0 amide bonds. The molecule has 2 rings (SSSR count). The summed E-state index contributed by atoms with van der Waals surface area (Å²) in [5.41, 5.74) is 4.53. The molecule has 6 heteroatoms. The van der Waals surface area contributed by atoms with Crippen molar-refractivity contribution < 1.29 is 18.3 Å². The Morgan fingerprint density at radius 2 is 1.58 bits per heavy atom. The number of hydrogen-bond acceptors (Lipinski definition) is 3. The molecule has 0 aromatic heterocycles. The van der Waals surface area contributed by atoms with E-state index in [9.17, 15) is 18.3 Å². The van der Waals surface area contributed by atoms with Gasteiger partial charge in [0.2, 0.25) is 5.60 Å². The van der Waals surface area contributed by atoms with Crippen molar-refractivity contribution in [2.45, 2.75) is 25.6 Å².